The average molecular weight is 248 g/mol. The van der Waals surface area contributed by atoms with Crippen LogP contribution in [-0.4, -0.2) is 5.16 Å². The largest absolute Gasteiger partial charge is 0.367 e. The van der Waals surface area contributed by atoms with Gasteiger partial charge in [-0.05, 0) is 23.6 Å². The molecule has 0 aliphatic carbocycles. The monoisotopic (exact) mass is 248 g/mol. The minimum absolute atomic E-state index is 0.228. The van der Waals surface area contributed by atoms with Crippen molar-refractivity contribution >= 4 is 5.88 Å². The molecule has 0 saturated carbocycles. The number of hydrogen-bond acceptors (Lipinski definition) is 3. The van der Waals surface area contributed by atoms with Crippen LogP contribution in [0.2, 0.25) is 0 Å². The first-order valence-electron chi connectivity index (χ1n) is 6.01. The maximum absolute atomic E-state index is 12.9. The van der Waals surface area contributed by atoms with E-state index in [0.717, 1.165) is 16.8 Å². The van der Waals surface area contributed by atoms with Crippen molar-refractivity contribution in [3.63, 3.8) is 0 Å². The molecule has 2 N–H and O–H groups in total. The molecule has 0 amide bonds. The van der Waals surface area contributed by atoms with Crippen LogP contribution in [0.25, 0.3) is 11.1 Å². The quantitative estimate of drug-likeness (QED) is 0.898. The number of hydrogen-bond donors (Lipinski definition) is 1. The van der Waals surface area contributed by atoms with Gasteiger partial charge < -0.3 is 10.3 Å². The second-order valence-electron chi connectivity index (χ2n) is 4.85. The summed E-state index contributed by atoms with van der Waals surface area (Å²) in [7, 11) is 0. The zero-order chi connectivity index (χ0) is 13.3. The van der Waals surface area contributed by atoms with Gasteiger partial charge in [0.2, 0.25) is 5.88 Å². The Morgan fingerprint density at radius 3 is 2.33 bits per heavy atom. The molecular formula is C14H17FN2O. The molecule has 1 aromatic carbocycles. The third kappa shape index (κ3) is 2.23. The van der Waals surface area contributed by atoms with Gasteiger partial charge in [-0.1, -0.05) is 38.1 Å². The first-order chi connectivity index (χ1) is 8.50. The van der Waals surface area contributed by atoms with E-state index in [2.05, 4.69) is 25.9 Å². The fourth-order valence-corrected chi connectivity index (χ4v) is 1.85. The summed E-state index contributed by atoms with van der Waals surface area (Å²) in [6, 6.07) is 6.20. The Balaban J connectivity index is 2.50. The van der Waals surface area contributed by atoms with Gasteiger partial charge >= 0.3 is 0 Å². The maximum Gasteiger partial charge on any atom is 0.230 e. The Morgan fingerprint density at radius 2 is 1.78 bits per heavy atom. The summed E-state index contributed by atoms with van der Waals surface area (Å²) in [4.78, 5) is 0. The van der Waals surface area contributed by atoms with Crippen LogP contribution >= 0.6 is 0 Å². The molecule has 2 aromatic rings. The number of nitrogens with zero attached hydrogens (tertiary/aromatic N) is 1. The first-order valence-corrected chi connectivity index (χ1v) is 6.01. The van der Waals surface area contributed by atoms with E-state index in [4.69, 9.17) is 10.3 Å². The minimum Gasteiger partial charge on any atom is -0.367 e. The summed E-state index contributed by atoms with van der Waals surface area (Å²) in [6.07, 6.45) is 0. The van der Waals surface area contributed by atoms with Crippen molar-refractivity contribution in [2.75, 3.05) is 5.73 Å². The van der Waals surface area contributed by atoms with Crippen LogP contribution in [0.3, 0.4) is 0 Å². The maximum atomic E-state index is 12.9. The smallest absolute Gasteiger partial charge is 0.230 e. The Labute approximate surface area is 106 Å². The van der Waals surface area contributed by atoms with Crippen molar-refractivity contribution in [1.29, 1.82) is 0 Å². The van der Waals surface area contributed by atoms with Gasteiger partial charge in [-0.15, -0.1) is 0 Å². The highest BCUT2D eigenvalue weighted by molar-refractivity contribution is 5.75. The molecule has 3 nitrogen and oxygen atoms in total. The van der Waals surface area contributed by atoms with E-state index in [0.29, 0.717) is 5.92 Å². The highest BCUT2D eigenvalue weighted by Crippen LogP contribution is 2.36. The van der Waals surface area contributed by atoms with Crippen LogP contribution in [0, 0.1) is 11.7 Å². The molecular weight excluding hydrogens is 231 g/mol. The standard InChI is InChI=1S/C14H17FN2O/c1-8(2)9(3)13-12(14(16)18-17-13)10-4-6-11(15)7-5-10/h4-9H,16H2,1-3H3. The van der Waals surface area contributed by atoms with Gasteiger partial charge in [0.15, 0.2) is 0 Å². The van der Waals surface area contributed by atoms with Crippen LogP contribution in [0.15, 0.2) is 28.8 Å². The van der Waals surface area contributed by atoms with Crippen molar-refractivity contribution in [2.24, 2.45) is 5.92 Å². The summed E-state index contributed by atoms with van der Waals surface area (Å²) in [5.41, 5.74) is 8.26. The normalized spacial score (nSPS) is 12.9. The highest BCUT2D eigenvalue weighted by Gasteiger charge is 2.22. The SMILES string of the molecule is CC(C)C(C)c1noc(N)c1-c1ccc(F)cc1. The molecule has 1 heterocycles. The highest BCUT2D eigenvalue weighted by atomic mass is 19.1. The van der Waals surface area contributed by atoms with Gasteiger partial charge in [0.1, 0.15) is 5.82 Å². The number of benzene rings is 1. The Kier molecular flexibility index (Phi) is 3.36. The van der Waals surface area contributed by atoms with E-state index < -0.39 is 0 Å². The van der Waals surface area contributed by atoms with Gasteiger partial charge in [-0.2, -0.15) is 0 Å². The lowest BCUT2D eigenvalue weighted by Crippen LogP contribution is -2.04. The number of anilines is 1. The minimum atomic E-state index is -0.271. The lowest BCUT2D eigenvalue weighted by molar-refractivity contribution is 0.407. The third-order valence-electron chi connectivity index (χ3n) is 3.31. The molecule has 1 atom stereocenters. The lowest BCUT2D eigenvalue weighted by atomic mass is 9.90. The molecule has 0 radical (unpaired) electrons. The predicted molar refractivity (Wildman–Crippen MR) is 69.6 cm³/mol. The Bertz CT molecular complexity index is 531. The van der Waals surface area contributed by atoms with Crippen LogP contribution < -0.4 is 5.73 Å². The summed E-state index contributed by atoms with van der Waals surface area (Å²) >= 11 is 0. The Morgan fingerprint density at radius 1 is 1.17 bits per heavy atom. The summed E-state index contributed by atoms with van der Waals surface area (Å²) in [5, 5.41) is 4.04. The molecule has 0 aliphatic heterocycles. The second kappa shape index (κ2) is 4.80. The number of halogens is 1. The lowest BCUT2D eigenvalue weighted by Gasteiger charge is -2.14. The molecule has 0 bridgehead atoms. The fraction of sp³-hybridized carbons (Fsp3) is 0.357. The molecule has 1 unspecified atom stereocenters. The van der Waals surface area contributed by atoms with E-state index in [1.807, 2.05) is 0 Å². The molecule has 2 rings (SSSR count). The zero-order valence-electron chi connectivity index (χ0n) is 10.8. The van der Waals surface area contributed by atoms with Crippen LogP contribution in [0.4, 0.5) is 10.3 Å². The van der Waals surface area contributed by atoms with Crippen LogP contribution in [-0.2, 0) is 0 Å². The topological polar surface area (TPSA) is 52.0 Å². The van der Waals surface area contributed by atoms with Crippen molar-refractivity contribution < 1.29 is 8.91 Å². The van der Waals surface area contributed by atoms with E-state index in [1.165, 1.54) is 12.1 Å². The van der Waals surface area contributed by atoms with Crippen LogP contribution in [0.1, 0.15) is 32.4 Å². The van der Waals surface area contributed by atoms with Gasteiger partial charge in [0, 0.05) is 5.92 Å². The van der Waals surface area contributed by atoms with E-state index in [-0.39, 0.29) is 17.6 Å². The van der Waals surface area contributed by atoms with E-state index >= 15 is 0 Å². The fourth-order valence-electron chi connectivity index (χ4n) is 1.85. The van der Waals surface area contributed by atoms with Gasteiger partial charge in [0.25, 0.3) is 0 Å². The van der Waals surface area contributed by atoms with Gasteiger partial charge in [-0.25, -0.2) is 4.39 Å². The first kappa shape index (κ1) is 12.6. The predicted octanol–water partition coefficient (Wildman–Crippen LogP) is 3.82. The Hall–Kier alpha value is -1.84. The summed E-state index contributed by atoms with van der Waals surface area (Å²) < 4.78 is 18.0. The van der Waals surface area contributed by atoms with E-state index in [9.17, 15) is 4.39 Å². The van der Waals surface area contributed by atoms with Crippen molar-refractivity contribution in [2.45, 2.75) is 26.7 Å². The van der Waals surface area contributed by atoms with Gasteiger partial charge in [-0.3, -0.25) is 0 Å². The molecule has 4 heteroatoms. The van der Waals surface area contributed by atoms with Crippen molar-refractivity contribution in [1.82, 2.24) is 5.16 Å². The van der Waals surface area contributed by atoms with Crippen molar-refractivity contribution in [3.8, 4) is 11.1 Å². The van der Waals surface area contributed by atoms with Crippen molar-refractivity contribution in [3.05, 3.63) is 35.8 Å². The van der Waals surface area contributed by atoms with E-state index in [1.54, 1.807) is 12.1 Å². The number of nitrogens with two attached hydrogens (primary N) is 1. The van der Waals surface area contributed by atoms with Crippen LogP contribution in [0.5, 0.6) is 0 Å². The number of aromatic nitrogens is 1. The summed E-state index contributed by atoms with van der Waals surface area (Å²) in [6.45, 7) is 6.31. The molecule has 96 valence electrons. The second-order valence-corrected chi connectivity index (χ2v) is 4.85. The summed E-state index contributed by atoms with van der Waals surface area (Å²) in [5.74, 6) is 0.663. The number of nitrogen functional groups attached to an aromatic ring is 1. The number of rotatable bonds is 3. The molecule has 18 heavy (non-hydrogen) atoms. The molecule has 0 aliphatic rings. The average Bonchev–Trinajstić information content (AvgIpc) is 2.71. The molecule has 0 saturated heterocycles. The molecule has 0 fully saturated rings. The molecule has 1 aromatic heterocycles. The van der Waals surface area contributed by atoms with Gasteiger partial charge in [0.05, 0.1) is 11.3 Å². The molecule has 0 spiro atoms. The third-order valence-corrected chi connectivity index (χ3v) is 3.31. The zero-order valence-corrected chi connectivity index (χ0v) is 10.8.